The molecule has 2 aromatic heterocycles. The average Bonchev–Trinajstić information content (AvgIpc) is 3.08. The number of hydrogen-bond acceptors (Lipinski definition) is 5. The Morgan fingerprint density at radius 3 is 2.86 bits per heavy atom. The fraction of sp³-hybridized carbons (Fsp3) is 0.400. The van der Waals surface area contributed by atoms with Gasteiger partial charge in [0.05, 0.1) is 18.1 Å². The number of anilines is 1. The van der Waals surface area contributed by atoms with Crippen molar-refractivity contribution in [2.24, 2.45) is 12.0 Å². The Hall–Kier alpha value is -3.16. The molecule has 0 fully saturated rings. The average molecular weight is 381 g/mol. The van der Waals surface area contributed by atoms with Crippen LogP contribution in [0.1, 0.15) is 18.1 Å². The number of rotatable bonds is 7. The van der Waals surface area contributed by atoms with Crippen molar-refractivity contribution in [1.29, 1.82) is 0 Å². The van der Waals surface area contributed by atoms with Crippen LogP contribution in [0.15, 0.2) is 41.8 Å². The topological polar surface area (TPSA) is 83.3 Å². The first-order valence-corrected chi connectivity index (χ1v) is 9.50. The van der Waals surface area contributed by atoms with Crippen molar-refractivity contribution in [2.45, 2.75) is 20.4 Å². The monoisotopic (exact) mass is 380 g/mol. The summed E-state index contributed by atoms with van der Waals surface area (Å²) < 4.78 is 1.74. The fourth-order valence-electron chi connectivity index (χ4n) is 3.03. The number of aromatic nitrogens is 4. The van der Waals surface area contributed by atoms with Gasteiger partial charge in [-0.05, 0) is 25.0 Å². The van der Waals surface area contributed by atoms with Crippen LogP contribution in [0.3, 0.4) is 0 Å². The van der Waals surface area contributed by atoms with Crippen molar-refractivity contribution in [3.8, 4) is 0 Å². The molecule has 3 rings (SSSR count). The number of nitrogens with one attached hydrogen (secondary N) is 2. The Morgan fingerprint density at radius 1 is 1.25 bits per heavy atom. The first-order chi connectivity index (χ1) is 13.6. The predicted octanol–water partition coefficient (Wildman–Crippen LogP) is 2.18. The van der Waals surface area contributed by atoms with Crippen LogP contribution in [-0.2, 0) is 13.6 Å². The van der Waals surface area contributed by atoms with Gasteiger partial charge < -0.3 is 15.5 Å². The largest absolute Gasteiger partial charge is 0.367 e. The third-order valence-electron chi connectivity index (χ3n) is 4.56. The number of guanidine groups is 1. The summed E-state index contributed by atoms with van der Waals surface area (Å²) in [6, 6.07) is 8.43. The lowest BCUT2D eigenvalue weighted by Gasteiger charge is -2.23. The van der Waals surface area contributed by atoms with Crippen molar-refractivity contribution >= 4 is 22.8 Å². The van der Waals surface area contributed by atoms with Crippen molar-refractivity contribution in [1.82, 2.24) is 30.0 Å². The Balaban J connectivity index is 1.61. The number of fused-ring (bicyclic) bond motifs is 1. The van der Waals surface area contributed by atoms with Crippen molar-refractivity contribution in [2.75, 3.05) is 32.0 Å². The van der Waals surface area contributed by atoms with Crippen LogP contribution in [0.4, 0.5) is 5.82 Å². The van der Waals surface area contributed by atoms with E-state index in [4.69, 9.17) is 4.99 Å². The van der Waals surface area contributed by atoms with Gasteiger partial charge in [-0.3, -0.25) is 9.67 Å². The number of hydrogen-bond donors (Lipinski definition) is 2. The second kappa shape index (κ2) is 9.16. The molecule has 2 N–H and O–H groups in total. The standard InChI is InChI=1S/C20H28N8/c1-5-21-20(27(3)13-16-9-7-6-8-15(16)2)23-11-10-22-18-17-12-26-28(4)19(17)25-14-24-18/h6-9,12,14H,5,10-11,13H2,1-4H3,(H,21,23)(H,22,24,25). The summed E-state index contributed by atoms with van der Waals surface area (Å²) in [5, 5.41) is 11.9. The van der Waals surface area contributed by atoms with E-state index in [0.717, 1.165) is 35.9 Å². The number of aliphatic imine (C=N–C) groups is 1. The minimum Gasteiger partial charge on any atom is -0.367 e. The van der Waals surface area contributed by atoms with Gasteiger partial charge in [0, 0.05) is 33.7 Å². The Morgan fingerprint density at radius 2 is 2.07 bits per heavy atom. The highest BCUT2D eigenvalue weighted by molar-refractivity contribution is 5.86. The zero-order valence-electron chi connectivity index (χ0n) is 17.0. The van der Waals surface area contributed by atoms with Crippen LogP contribution in [0.25, 0.3) is 11.0 Å². The molecule has 2 heterocycles. The van der Waals surface area contributed by atoms with E-state index in [1.165, 1.54) is 11.1 Å². The van der Waals surface area contributed by atoms with Crippen molar-refractivity contribution in [3.63, 3.8) is 0 Å². The molecule has 0 spiro atoms. The summed E-state index contributed by atoms with van der Waals surface area (Å²) in [5.41, 5.74) is 3.40. The zero-order valence-corrected chi connectivity index (χ0v) is 17.0. The quantitative estimate of drug-likeness (QED) is 0.371. The van der Waals surface area contributed by atoms with Crippen LogP contribution in [0, 0.1) is 6.92 Å². The predicted molar refractivity (Wildman–Crippen MR) is 113 cm³/mol. The third kappa shape index (κ3) is 4.57. The van der Waals surface area contributed by atoms with Gasteiger partial charge in [-0.1, -0.05) is 24.3 Å². The summed E-state index contributed by atoms with van der Waals surface area (Å²) in [7, 11) is 3.93. The smallest absolute Gasteiger partial charge is 0.194 e. The third-order valence-corrected chi connectivity index (χ3v) is 4.56. The number of aryl methyl sites for hydroxylation is 2. The summed E-state index contributed by atoms with van der Waals surface area (Å²) in [6.45, 7) is 7.16. The first kappa shape index (κ1) is 19.6. The first-order valence-electron chi connectivity index (χ1n) is 9.50. The normalized spacial score (nSPS) is 11.6. The second-order valence-corrected chi connectivity index (χ2v) is 6.67. The van der Waals surface area contributed by atoms with E-state index < -0.39 is 0 Å². The van der Waals surface area contributed by atoms with Crippen molar-refractivity contribution in [3.05, 3.63) is 47.9 Å². The minimum atomic E-state index is 0.631. The summed E-state index contributed by atoms with van der Waals surface area (Å²) in [4.78, 5) is 15.5. The molecule has 0 aliphatic rings. The van der Waals surface area contributed by atoms with Gasteiger partial charge in [0.15, 0.2) is 11.6 Å². The summed E-state index contributed by atoms with van der Waals surface area (Å²) >= 11 is 0. The lowest BCUT2D eigenvalue weighted by Crippen LogP contribution is -2.39. The molecule has 0 saturated heterocycles. The molecule has 8 nitrogen and oxygen atoms in total. The van der Waals surface area contributed by atoms with Gasteiger partial charge in [-0.15, -0.1) is 0 Å². The van der Waals surface area contributed by atoms with Crippen LogP contribution in [0.5, 0.6) is 0 Å². The van der Waals surface area contributed by atoms with Gasteiger partial charge in [-0.25, -0.2) is 9.97 Å². The maximum absolute atomic E-state index is 4.74. The Kier molecular flexibility index (Phi) is 6.41. The van der Waals surface area contributed by atoms with Gasteiger partial charge in [0.2, 0.25) is 0 Å². The molecular weight excluding hydrogens is 352 g/mol. The highest BCUT2D eigenvalue weighted by Crippen LogP contribution is 2.17. The molecular formula is C20H28N8. The Labute approximate surface area is 165 Å². The summed E-state index contributed by atoms with van der Waals surface area (Å²) in [6.07, 6.45) is 3.33. The molecule has 0 unspecified atom stereocenters. The van der Waals surface area contributed by atoms with Crippen LogP contribution >= 0.6 is 0 Å². The second-order valence-electron chi connectivity index (χ2n) is 6.67. The lowest BCUT2D eigenvalue weighted by atomic mass is 10.1. The van der Waals surface area contributed by atoms with Gasteiger partial charge in [0.1, 0.15) is 12.1 Å². The SMILES string of the molecule is CCNC(=NCCNc1ncnc2c1cnn2C)N(C)Cc1ccccc1C. The van der Waals surface area contributed by atoms with Crippen LogP contribution in [0.2, 0.25) is 0 Å². The molecule has 0 radical (unpaired) electrons. The molecule has 28 heavy (non-hydrogen) atoms. The molecule has 0 aliphatic heterocycles. The maximum atomic E-state index is 4.74. The molecule has 148 valence electrons. The summed E-state index contributed by atoms with van der Waals surface area (Å²) in [5.74, 6) is 1.67. The molecule has 3 aromatic rings. The lowest BCUT2D eigenvalue weighted by molar-refractivity contribution is 0.476. The van der Waals surface area contributed by atoms with E-state index in [-0.39, 0.29) is 0 Å². The number of nitrogens with zero attached hydrogens (tertiary/aromatic N) is 6. The van der Waals surface area contributed by atoms with Gasteiger partial charge in [0.25, 0.3) is 0 Å². The molecule has 1 aromatic carbocycles. The van der Waals surface area contributed by atoms with Crippen LogP contribution in [-0.4, -0.2) is 57.3 Å². The van der Waals surface area contributed by atoms with Gasteiger partial charge in [-0.2, -0.15) is 5.10 Å². The molecule has 0 bridgehead atoms. The van der Waals surface area contributed by atoms with E-state index in [0.29, 0.717) is 13.1 Å². The van der Waals surface area contributed by atoms with E-state index in [1.807, 2.05) is 7.05 Å². The van der Waals surface area contributed by atoms with Crippen molar-refractivity contribution < 1.29 is 0 Å². The van der Waals surface area contributed by atoms with E-state index in [9.17, 15) is 0 Å². The number of benzene rings is 1. The van der Waals surface area contributed by atoms with Crippen LogP contribution < -0.4 is 10.6 Å². The molecule has 0 atom stereocenters. The fourth-order valence-corrected chi connectivity index (χ4v) is 3.03. The molecule has 0 saturated carbocycles. The molecule has 8 heteroatoms. The van der Waals surface area contributed by atoms with Gasteiger partial charge >= 0.3 is 0 Å². The highest BCUT2D eigenvalue weighted by Gasteiger charge is 2.09. The van der Waals surface area contributed by atoms with E-state index in [2.05, 4.69) is 75.8 Å². The van der Waals surface area contributed by atoms with E-state index >= 15 is 0 Å². The highest BCUT2D eigenvalue weighted by atomic mass is 15.3. The zero-order chi connectivity index (χ0) is 19.9. The van der Waals surface area contributed by atoms with E-state index in [1.54, 1.807) is 17.2 Å². The molecule has 0 aliphatic carbocycles. The molecule has 0 amide bonds. The Bertz CT molecular complexity index is 946. The minimum absolute atomic E-state index is 0.631. The maximum Gasteiger partial charge on any atom is 0.194 e.